The molecule has 92 valence electrons. The highest BCUT2D eigenvalue weighted by molar-refractivity contribution is 6.16. The van der Waals surface area contributed by atoms with Crippen molar-refractivity contribution in [3.05, 3.63) is 23.6 Å². The van der Waals surface area contributed by atoms with Gasteiger partial charge in [-0.25, -0.2) is 4.68 Å². The molecule has 6 nitrogen and oxygen atoms in total. The Morgan fingerprint density at radius 3 is 2.94 bits per heavy atom. The Morgan fingerprint density at radius 2 is 2.29 bits per heavy atom. The van der Waals surface area contributed by atoms with E-state index in [0.29, 0.717) is 30.1 Å². The molecule has 2 aromatic heterocycles. The van der Waals surface area contributed by atoms with Crippen molar-refractivity contribution in [2.45, 2.75) is 32.7 Å². The van der Waals surface area contributed by atoms with Gasteiger partial charge >= 0.3 is 0 Å². The Hall–Kier alpha value is -1.43. The summed E-state index contributed by atoms with van der Waals surface area (Å²) in [7, 11) is 0. The van der Waals surface area contributed by atoms with Gasteiger partial charge in [0.05, 0.1) is 17.8 Å². The van der Waals surface area contributed by atoms with E-state index in [1.165, 1.54) is 0 Å². The van der Waals surface area contributed by atoms with E-state index in [1.54, 1.807) is 10.9 Å². The molecule has 7 heteroatoms. The van der Waals surface area contributed by atoms with Crippen molar-refractivity contribution in [2.24, 2.45) is 5.92 Å². The maximum absolute atomic E-state index is 5.64. The maximum Gasteiger partial charge on any atom is 0.226 e. The summed E-state index contributed by atoms with van der Waals surface area (Å²) in [6.07, 6.45) is 2.56. The lowest BCUT2D eigenvalue weighted by molar-refractivity contribution is 0.357. The van der Waals surface area contributed by atoms with Crippen LogP contribution >= 0.6 is 11.6 Å². The molecular formula is C10H14ClN5O. The van der Waals surface area contributed by atoms with Gasteiger partial charge in [0.15, 0.2) is 5.82 Å². The summed E-state index contributed by atoms with van der Waals surface area (Å²) in [6.45, 7) is 4.66. The summed E-state index contributed by atoms with van der Waals surface area (Å²) in [6, 6.07) is 0. The third-order valence-electron chi connectivity index (χ3n) is 2.12. The lowest BCUT2D eigenvalue weighted by atomic mass is 10.1. The molecule has 0 aliphatic heterocycles. The smallest absolute Gasteiger partial charge is 0.226 e. The molecule has 0 unspecified atom stereocenters. The van der Waals surface area contributed by atoms with Gasteiger partial charge in [0.25, 0.3) is 0 Å². The summed E-state index contributed by atoms with van der Waals surface area (Å²) in [5.41, 5.74) is 0.734. The fourth-order valence-electron chi connectivity index (χ4n) is 1.41. The van der Waals surface area contributed by atoms with Crippen molar-refractivity contribution in [3.8, 4) is 0 Å². The summed E-state index contributed by atoms with van der Waals surface area (Å²) in [5, 5.41) is 11.7. The van der Waals surface area contributed by atoms with Gasteiger partial charge in [-0.2, -0.15) is 4.98 Å². The molecule has 2 heterocycles. The first-order valence-corrected chi connectivity index (χ1v) is 5.97. The van der Waals surface area contributed by atoms with Crippen LogP contribution in [0.25, 0.3) is 0 Å². The van der Waals surface area contributed by atoms with E-state index in [1.807, 2.05) is 0 Å². The van der Waals surface area contributed by atoms with Gasteiger partial charge in [-0.05, 0) is 5.92 Å². The third kappa shape index (κ3) is 3.26. The number of aromatic nitrogens is 5. The van der Waals surface area contributed by atoms with Crippen LogP contribution in [-0.4, -0.2) is 25.1 Å². The van der Waals surface area contributed by atoms with Crippen LogP contribution in [-0.2, 0) is 18.8 Å². The largest absolute Gasteiger partial charge is 0.339 e. The second-order valence-corrected chi connectivity index (χ2v) is 4.51. The predicted octanol–water partition coefficient (Wildman–Crippen LogP) is 1.65. The molecule has 2 aromatic rings. The third-order valence-corrected chi connectivity index (χ3v) is 2.39. The number of halogens is 1. The number of alkyl halides is 1. The fourth-order valence-corrected chi connectivity index (χ4v) is 1.53. The average molecular weight is 256 g/mol. The van der Waals surface area contributed by atoms with E-state index >= 15 is 0 Å². The van der Waals surface area contributed by atoms with Crippen LogP contribution in [0.15, 0.2) is 10.7 Å². The molecule has 0 aliphatic carbocycles. The van der Waals surface area contributed by atoms with Crippen LogP contribution < -0.4 is 0 Å². The van der Waals surface area contributed by atoms with Crippen molar-refractivity contribution in [1.82, 2.24) is 25.1 Å². The zero-order chi connectivity index (χ0) is 12.3. The van der Waals surface area contributed by atoms with Crippen molar-refractivity contribution in [1.29, 1.82) is 0 Å². The highest BCUT2D eigenvalue weighted by Crippen LogP contribution is 2.06. The van der Waals surface area contributed by atoms with Crippen molar-refractivity contribution in [2.75, 3.05) is 0 Å². The minimum atomic E-state index is 0.352. The molecule has 0 saturated heterocycles. The van der Waals surface area contributed by atoms with Gasteiger partial charge in [0, 0.05) is 6.42 Å². The van der Waals surface area contributed by atoms with Gasteiger partial charge in [-0.3, -0.25) is 0 Å². The lowest BCUT2D eigenvalue weighted by Gasteiger charge is -1.96. The molecule has 0 amide bonds. The fraction of sp³-hybridized carbons (Fsp3) is 0.600. The highest BCUT2D eigenvalue weighted by Gasteiger charge is 2.09. The Kier molecular flexibility index (Phi) is 3.73. The monoisotopic (exact) mass is 255 g/mol. The van der Waals surface area contributed by atoms with Crippen LogP contribution in [0, 0.1) is 5.92 Å². The molecule has 17 heavy (non-hydrogen) atoms. The zero-order valence-corrected chi connectivity index (χ0v) is 10.6. The topological polar surface area (TPSA) is 69.6 Å². The van der Waals surface area contributed by atoms with E-state index in [-0.39, 0.29) is 0 Å². The summed E-state index contributed by atoms with van der Waals surface area (Å²) >= 11 is 5.64. The Bertz CT molecular complexity index is 479. The van der Waals surface area contributed by atoms with Crippen LogP contribution in [0.3, 0.4) is 0 Å². The SMILES string of the molecule is CC(C)Cc1nc(Cn2cc(CCl)nn2)no1. The highest BCUT2D eigenvalue weighted by atomic mass is 35.5. The van der Waals surface area contributed by atoms with Gasteiger partial charge in [-0.1, -0.05) is 24.2 Å². The second-order valence-electron chi connectivity index (χ2n) is 4.24. The maximum atomic E-state index is 5.64. The zero-order valence-electron chi connectivity index (χ0n) is 9.80. The Balaban J connectivity index is 2.01. The first-order valence-electron chi connectivity index (χ1n) is 5.44. The average Bonchev–Trinajstić information content (AvgIpc) is 2.88. The molecule has 0 spiro atoms. The quantitative estimate of drug-likeness (QED) is 0.760. The molecule has 0 atom stereocenters. The van der Waals surface area contributed by atoms with Gasteiger partial charge in [-0.15, -0.1) is 16.7 Å². The van der Waals surface area contributed by atoms with Crippen LogP contribution in [0.2, 0.25) is 0 Å². The number of nitrogens with zero attached hydrogens (tertiary/aromatic N) is 5. The number of hydrogen-bond acceptors (Lipinski definition) is 5. The lowest BCUT2D eigenvalue weighted by Crippen LogP contribution is -2.02. The first-order chi connectivity index (χ1) is 8.17. The summed E-state index contributed by atoms with van der Waals surface area (Å²) in [5.74, 6) is 2.11. The molecule has 0 aliphatic rings. The number of hydrogen-bond donors (Lipinski definition) is 0. The summed E-state index contributed by atoms with van der Waals surface area (Å²) in [4.78, 5) is 4.28. The van der Waals surface area contributed by atoms with Crippen molar-refractivity contribution < 1.29 is 4.52 Å². The van der Waals surface area contributed by atoms with E-state index in [2.05, 4.69) is 34.3 Å². The minimum absolute atomic E-state index is 0.352. The molecule has 0 aromatic carbocycles. The predicted molar refractivity (Wildman–Crippen MR) is 61.5 cm³/mol. The van der Waals surface area contributed by atoms with Gasteiger partial charge < -0.3 is 4.52 Å². The van der Waals surface area contributed by atoms with E-state index in [9.17, 15) is 0 Å². The van der Waals surface area contributed by atoms with Crippen molar-refractivity contribution >= 4 is 11.6 Å². The van der Waals surface area contributed by atoms with Gasteiger partial charge in [0.2, 0.25) is 5.89 Å². The van der Waals surface area contributed by atoms with Gasteiger partial charge in [0.1, 0.15) is 6.54 Å². The molecule has 0 bridgehead atoms. The number of rotatable bonds is 5. The standard InChI is InChI=1S/C10H14ClN5O/c1-7(2)3-10-12-9(14-17-10)6-16-5-8(4-11)13-15-16/h5,7H,3-4,6H2,1-2H3. The summed E-state index contributed by atoms with van der Waals surface area (Å²) < 4.78 is 6.77. The molecule has 0 radical (unpaired) electrons. The molecule has 0 fully saturated rings. The molecular weight excluding hydrogens is 242 g/mol. The minimum Gasteiger partial charge on any atom is -0.339 e. The van der Waals surface area contributed by atoms with Crippen LogP contribution in [0.5, 0.6) is 0 Å². The molecule has 2 rings (SSSR count). The molecule has 0 saturated carbocycles. The Labute approximate surface area is 104 Å². The second kappa shape index (κ2) is 5.27. The molecule has 0 N–H and O–H groups in total. The van der Waals surface area contributed by atoms with E-state index < -0.39 is 0 Å². The van der Waals surface area contributed by atoms with E-state index in [4.69, 9.17) is 16.1 Å². The van der Waals surface area contributed by atoms with Crippen molar-refractivity contribution in [3.63, 3.8) is 0 Å². The normalized spacial score (nSPS) is 11.3. The first kappa shape index (κ1) is 12.0. The van der Waals surface area contributed by atoms with Crippen LogP contribution in [0.4, 0.5) is 0 Å². The Morgan fingerprint density at radius 1 is 1.47 bits per heavy atom. The van der Waals surface area contributed by atoms with Crippen LogP contribution in [0.1, 0.15) is 31.3 Å². The van der Waals surface area contributed by atoms with E-state index in [0.717, 1.165) is 12.1 Å².